The first-order chi connectivity index (χ1) is 11.7. The van der Waals surface area contributed by atoms with Crippen LogP contribution in [-0.2, 0) is 11.5 Å². The van der Waals surface area contributed by atoms with Gasteiger partial charge in [-0.05, 0) is 29.8 Å². The van der Waals surface area contributed by atoms with Crippen LogP contribution in [0.5, 0.6) is 0 Å². The summed E-state index contributed by atoms with van der Waals surface area (Å²) >= 11 is 0. The lowest BCUT2D eigenvalue weighted by Gasteiger charge is -2.16. The molecule has 0 radical (unpaired) electrons. The number of benzene rings is 1. The summed E-state index contributed by atoms with van der Waals surface area (Å²) in [6.45, 7) is 7.17. The summed E-state index contributed by atoms with van der Waals surface area (Å²) in [6.07, 6.45) is 1.27. The molecule has 5 nitrogen and oxygen atoms in total. The number of rotatable bonds is 7. The molecular formula is C18H22FNO4Si. The second-order valence-electron chi connectivity index (χ2n) is 7.08. The van der Waals surface area contributed by atoms with Crippen LogP contribution in [0, 0.1) is 5.82 Å². The number of halogens is 1. The molecular weight excluding hydrogens is 341 g/mol. The van der Waals surface area contributed by atoms with E-state index in [2.05, 4.69) is 19.6 Å². The number of nitrogens with zero attached hydrogens (tertiary/aromatic N) is 1. The van der Waals surface area contributed by atoms with Gasteiger partial charge in [0.15, 0.2) is 0 Å². The zero-order valence-corrected chi connectivity index (χ0v) is 15.6. The van der Waals surface area contributed by atoms with Crippen LogP contribution in [0.25, 0.3) is 11.1 Å². The molecule has 0 atom stereocenters. The van der Waals surface area contributed by atoms with Crippen LogP contribution in [0.3, 0.4) is 0 Å². The standard InChI is InChI=1S/C18H22FNO4Si/c1-25(2,3)9-8-24-12-20-11-14(18(22)23)10-16(17(20)21)13-4-6-15(19)7-5-13/h4-7,10-11H,8-9,12H2,1-3H3,(H,22,23). The lowest BCUT2D eigenvalue weighted by atomic mass is 10.1. The molecule has 0 saturated heterocycles. The molecule has 0 spiro atoms. The van der Waals surface area contributed by atoms with Crippen LogP contribution in [0.2, 0.25) is 25.7 Å². The number of hydrogen-bond donors (Lipinski definition) is 1. The highest BCUT2D eigenvalue weighted by Crippen LogP contribution is 2.17. The van der Waals surface area contributed by atoms with Crippen LogP contribution >= 0.6 is 0 Å². The fourth-order valence-corrected chi connectivity index (χ4v) is 2.98. The number of pyridine rings is 1. The SMILES string of the molecule is C[Si](C)(C)CCOCn1cc(C(=O)O)cc(-c2ccc(F)cc2)c1=O. The highest BCUT2D eigenvalue weighted by molar-refractivity contribution is 6.76. The lowest BCUT2D eigenvalue weighted by molar-refractivity contribution is 0.0688. The Bertz CT molecular complexity index is 809. The second kappa shape index (κ2) is 7.75. The van der Waals surface area contributed by atoms with Crippen LogP contribution < -0.4 is 5.56 Å². The van der Waals surface area contributed by atoms with Gasteiger partial charge in [0.1, 0.15) is 12.5 Å². The van der Waals surface area contributed by atoms with E-state index in [0.717, 1.165) is 6.04 Å². The van der Waals surface area contributed by atoms with Crippen molar-refractivity contribution in [3.63, 3.8) is 0 Å². The Morgan fingerprint density at radius 3 is 2.44 bits per heavy atom. The van der Waals surface area contributed by atoms with Crippen LogP contribution in [-0.4, -0.2) is 30.3 Å². The van der Waals surface area contributed by atoms with Gasteiger partial charge in [-0.1, -0.05) is 31.8 Å². The summed E-state index contributed by atoms with van der Waals surface area (Å²) in [4.78, 5) is 24.0. The summed E-state index contributed by atoms with van der Waals surface area (Å²) in [5.41, 5.74) is 0.274. The Kier molecular flexibility index (Phi) is 5.92. The average Bonchev–Trinajstić information content (AvgIpc) is 2.52. The molecule has 0 aliphatic heterocycles. The largest absolute Gasteiger partial charge is 0.478 e. The van der Waals surface area contributed by atoms with E-state index in [1.807, 2.05) is 0 Å². The maximum Gasteiger partial charge on any atom is 0.337 e. The summed E-state index contributed by atoms with van der Waals surface area (Å²) in [5.74, 6) is -1.56. The smallest absolute Gasteiger partial charge is 0.337 e. The van der Waals surface area contributed by atoms with Gasteiger partial charge in [0.2, 0.25) is 0 Å². The molecule has 0 fully saturated rings. The molecule has 0 aliphatic carbocycles. The maximum absolute atomic E-state index is 13.1. The summed E-state index contributed by atoms with van der Waals surface area (Å²) < 4.78 is 19.9. The number of carbonyl (C=O) groups is 1. The van der Waals surface area contributed by atoms with Crippen LogP contribution in [0.15, 0.2) is 41.3 Å². The van der Waals surface area contributed by atoms with Gasteiger partial charge in [-0.3, -0.25) is 9.36 Å². The third-order valence-corrected chi connectivity index (χ3v) is 5.42. The molecule has 1 N–H and O–H groups in total. The second-order valence-corrected chi connectivity index (χ2v) is 12.7. The van der Waals surface area contributed by atoms with E-state index in [-0.39, 0.29) is 23.4 Å². The molecule has 134 valence electrons. The van der Waals surface area contributed by atoms with Gasteiger partial charge in [-0.15, -0.1) is 0 Å². The fourth-order valence-electron chi connectivity index (χ4n) is 2.23. The normalized spacial score (nSPS) is 11.5. The zero-order chi connectivity index (χ0) is 18.6. The quantitative estimate of drug-likeness (QED) is 0.602. The van der Waals surface area contributed by atoms with Crippen molar-refractivity contribution in [2.75, 3.05) is 6.61 Å². The molecule has 1 aromatic carbocycles. The minimum atomic E-state index is -1.25. The van der Waals surface area contributed by atoms with Crippen molar-refractivity contribution in [2.45, 2.75) is 32.4 Å². The zero-order valence-electron chi connectivity index (χ0n) is 14.6. The Morgan fingerprint density at radius 2 is 1.88 bits per heavy atom. The Balaban J connectivity index is 2.31. The maximum atomic E-state index is 13.1. The van der Waals surface area contributed by atoms with E-state index in [1.54, 1.807) is 0 Å². The number of aromatic carboxylic acids is 1. The predicted molar refractivity (Wildman–Crippen MR) is 97.2 cm³/mol. The van der Waals surface area contributed by atoms with Crippen molar-refractivity contribution in [1.29, 1.82) is 0 Å². The van der Waals surface area contributed by atoms with E-state index in [4.69, 9.17) is 4.74 Å². The third kappa shape index (κ3) is 5.37. The molecule has 2 rings (SSSR count). The number of carboxylic acid groups (broad SMARTS) is 1. The van der Waals surface area contributed by atoms with Crippen LogP contribution in [0.1, 0.15) is 10.4 Å². The van der Waals surface area contributed by atoms with Gasteiger partial charge in [-0.25, -0.2) is 9.18 Å². The fraction of sp³-hybridized carbons (Fsp3) is 0.333. The highest BCUT2D eigenvalue weighted by Gasteiger charge is 2.15. The highest BCUT2D eigenvalue weighted by atomic mass is 28.3. The van der Waals surface area contributed by atoms with E-state index >= 15 is 0 Å². The molecule has 1 aromatic heterocycles. The molecule has 7 heteroatoms. The number of hydrogen-bond acceptors (Lipinski definition) is 3. The molecule has 1 heterocycles. The topological polar surface area (TPSA) is 68.5 Å². The van der Waals surface area contributed by atoms with Gasteiger partial charge in [0.25, 0.3) is 5.56 Å². The van der Waals surface area contributed by atoms with Crippen molar-refractivity contribution in [1.82, 2.24) is 4.57 Å². The molecule has 0 saturated carbocycles. The molecule has 0 amide bonds. The summed E-state index contributed by atoms with van der Waals surface area (Å²) in [7, 11) is -1.25. The molecule has 0 bridgehead atoms. The van der Waals surface area contributed by atoms with E-state index < -0.39 is 19.9 Å². The van der Waals surface area contributed by atoms with Gasteiger partial charge in [0, 0.05) is 26.4 Å². The van der Waals surface area contributed by atoms with Crippen molar-refractivity contribution in [3.05, 3.63) is 58.3 Å². The number of aromatic nitrogens is 1. The summed E-state index contributed by atoms with van der Waals surface area (Å²) in [5, 5.41) is 9.28. The first kappa shape index (κ1) is 19.1. The van der Waals surface area contributed by atoms with Crippen molar-refractivity contribution >= 4 is 14.0 Å². The minimum Gasteiger partial charge on any atom is -0.478 e. The third-order valence-electron chi connectivity index (χ3n) is 3.71. The van der Waals surface area contributed by atoms with E-state index in [0.29, 0.717) is 12.2 Å². The van der Waals surface area contributed by atoms with E-state index in [1.165, 1.54) is 41.1 Å². The van der Waals surface area contributed by atoms with Gasteiger partial charge < -0.3 is 9.84 Å². The Hall–Kier alpha value is -2.25. The Morgan fingerprint density at radius 1 is 1.24 bits per heavy atom. The number of ether oxygens (including phenoxy) is 1. The van der Waals surface area contributed by atoms with Gasteiger partial charge in [-0.2, -0.15) is 0 Å². The monoisotopic (exact) mass is 363 g/mol. The summed E-state index contributed by atoms with van der Waals surface area (Å²) in [6, 6.07) is 7.62. The average molecular weight is 363 g/mol. The first-order valence-corrected chi connectivity index (χ1v) is 11.7. The van der Waals surface area contributed by atoms with E-state index in [9.17, 15) is 19.1 Å². The Labute approximate surface area is 146 Å². The first-order valence-electron chi connectivity index (χ1n) is 7.99. The predicted octanol–water partition coefficient (Wildman–Crippen LogP) is 3.66. The van der Waals surface area contributed by atoms with Gasteiger partial charge in [0.05, 0.1) is 5.56 Å². The van der Waals surface area contributed by atoms with Crippen LogP contribution in [0.4, 0.5) is 4.39 Å². The molecule has 25 heavy (non-hydrogen) atoms. The molecule has 2 aromatic rings. The molecule has 0 aliphatic rings. The number of carboxylic acids is 1. The van der Waals surface area contributed by atoms with Crippen molar-refractivity contribution in [2.24, 2.45) is 0 Å². The van der Waals surface area contributed by atoms with Crippen molar-refractivity contribution in [3.8, 4) is 11.1 Å². The van der Waals surface area contributed by atoms with Crippen molar-refractivity contribution < 1.29 is 19.0 Å². The lowest BCUT2D eigenvalue weighted by Crippen LogP contribution is -2.26. The van der Waals surface area contributed by atoms with Gasteiger partial charge >= 0.3 is 5.97 Å². The molecule has 0 unspecified atom stereocenters. The minimum absolute atomic E-state index is 0.0152.